The first kappa shape index (κ1) is 16.8. The summed E-state index contributed by atoms with van der Waals surface area (Å²) in [6.45, 7) is 0. The van der Waals surface area contributed by atoms with Crippen LogP contribution in [0, 0.1) is 0 Å². The summed E-state index contributed by atoms with van der Waals surface area (Å²) in [4.78, 5) is 23.6. The number of benzene rings is 2. The molecule has 3 N–H and O–H groups in total. The fourth-order valence-corrected chi connectivity index (χ4v) is 2.07. The topological polar surface area (TPSA) is 70.2 Å². The monoisotopic (exact) mass is 331 g/mol. The Morgan fingerprint density at radius 3 is 2.13 bits per heavy atom. The maximum Gasteiger partial charge on any atom is 0.323 e. The Labute approximate surface area is 140 Å². The second-order valence-electron chi connectivity index (χ2n) is 4.87. The third-order valence-corrected chi connectivity index (χ3v) is 3.24. The van der Waals surface area contributed by atoms with Gasteiger partial charge in [-0.05, 0) is 36.8 Å². The number of rotatable bonds is 6. The van der Waals surface area contributed by atoms with Crippen LogP contribution in [-0.4, -0.2) is 17.8 Å². The predicted molar refractivity (Wildman–Crippen MR) is 94.1 cm³/mol. The predicted octanol–water partition coefficient (Wildman–Crippen LogP) is 4.29. The van der Waals surface area contributed by atoms with Crippen LogP contribution in [0.5, 0.6) is 0 Å². The molecule has 0 unspecified atom stereocenters. The molecule has 0 aromatic heterocycles. The number of alkyl halides is 1. The van der Waals surface area contributed by atoms with E-state index in [0.717, 1.165) is 0 Å². The van der Waals surface area contributed by atoms with E-state index >= 15 is 0 Å². The molecule has 0 saturated heterocycles. The minimum absolute atomic E-state index is 0.100. The van der Waals surface area contributed by atoms with E-state index in [1.165, 1.54) is 0 Å². The van der Waals surface area contributed by atoms with E-state index in [2.05, 4.69) is 16.0 Å². The molecule has 2 rings (SSSR count). The van der Waals surface area contributed by atoms with Gasteiger partial charge in [-0.1, -0.05) is 24.3 Å². The number of hydrogen-bond acceptors (Lipinski definition) is 2. The molecule has 0 aliphatic rings. The standard InChI is InChI=1S/C17H18ClN3O2/c18-11-5-10-16(22)19-14-8-4-9-15(12-14)21-17(23)20-13-6-2-1-3-7-13/h1-4,6-9,12H,5,10-11H2,(H,19,22)(H2,20,21,23). The highest BCUT2D eigenvalue weighted by atomic mass is 35.5. The summed E-state index contributed by atoms with van der Waals surface area (Å²) in [5.74, 6) is 0.353. The summed E-state index contributed by atoms with van der Waals surface area (Å²) in [5.41, 5.74) is 1.92. The first-order valence-electron chi connectivity index (χ1n) is 7.26. The van der Waals surface area contributed by atoms with Gasteiger partial charge in [0.05, 0.1) is 0 Å². The number of carbonyl (C=O) groups excluding carboxylic acids is 2. The highest BCUT2D eigenvalue weighted by Crippen LogP contribution is 2.16. The van der Waals surface area contributed by atoms with Crippen molar-refractivity contribution in [3.63, 3.8) is 0 Å². The Balaban J connectivity index is 1.91. The van der Waals surface area contributed by atoms with E-state index in [-0.39, 0.29) is 11.9 Å². The summed E-state index contributed by atoms with van der Waals surface area (Å²) in [6.07, 6.45) is 1.00. The lowest BCUT2D eigenvalue weighted by atomic mass is 10.2. The van der Waals surface area contributed by atoms with Crippen molar-refractivity contribution in [2.24, 2.45) is 0 Å². The SMILES string of the molecule is O=C(CCCCl)Nc1cccc(NC(=O)Nc2ccccc2)c1. The molecule has 0 bridgehead atoms. The van der Waals surface area contributed by atoms with Crippen LogP contribution in [0.1, 0.15) is 12.8 Å². The van der Waals surface area contributed by atoms with Crippen molar-refractivity contribution in [1.82, 2.24) is 0 Å². The van der Waals surface area contributed by atoms with Crippen molar-refractivity contribution >= 4 is 40.6 Å². The molecule has 0 aliphatic heterocycles. The zero-order chi connectivity index (χ0) is 16.5. The van der Waals surface area contributed by atoms with Gasteiger partial charge >= 0.3 is 6.03 Å². The first-order chi connectivity index (χ1) is 11.2. The maximum absolute atomic E-state index is 11.9. The summed E-state index contributed by atoms with van der Waals surface area (Å²) in [5, 5.41) is 8.22. The maximum atomic E-state index is 11.9. The van der Waals surface area contributed by atoms with Gasteiger partial charge in [0, 0.05) is 29.4 Å². The largest absolute Gasteiger partial charge is 0.326 e. The molecule has 0 atom stereocenters. The van der Waals surface area contributed by atoms with Gasteiger partial charge in [-0.25, -0.2) is 4.79 Å². The lowest BCUT2D eigenvalue weighted by Gasteiger charge is -2.10. The van der Waals surface area contributed by atoms with Gasteiger partial charge in [-0.2, -0.15) is 0 Å². The molecule has 0 aliphatic carbocycles. The van der Waals surface area contributed by atoms with E-state index in [0.29, 0.717) is 35.8 Å². The average Bonchev–Trinajstić information content (AvgIpc) is 2.54. The molecule has 2 aromatic carbocycles. The number of hydrogen-bond donors (Lipinski definition) is 3. The Morgan fingerprint density at radius 2 is 1.43 bits per heavy atom. The highest BCUT2D eigenvalue weighted by Gasteiger charge is 2.05. The summed E-state index contributed by atoms with van der Waals surface area (Å²) >= 11 is 5.56. The Bertz CT molecular complexity index is 662. The van der Waals surface area contributed by atoms with Gasteiger partial charge in [0.25, 0.3) is 0 Å². The average molecular weight is 332 g/mol. The molecule has 0 heterocycles. The van der Waals surface area contributed by atoms with E-state index in [1.54, 1.807) is 36.4 Å². The molecular formula is C17H18ClN3O2. The number of nitrogens with one attached hydrogen (secondary N) is 3. The van der Waals surface area contributed by atoms with E-state index in [4.69, 9.17) is 11.6 Å². The lowest BCUT2D eigenvalue weighted by Crippen LogP contribution is -2.19. The summed E-state index contributed by atoms with van der Waals surface area (Å²) in [7, 11) is 0. The first-order valence-corrected chi connectivity index (χ1v) is 7.80. The molecule has 120 valence electrons. The number of carbonyl (C=O) groups is 2. The van der Waals surface area contributed by atoms with Crippen molar-refractivity contribution in [3.8, 4) is 0 Å². The Morgan fingerprint density at radius 1 is 0.826 bits per heavy atom. The smallest absolute Gasteiger partial charge is 0.323 e. The van der Waals surface area contributed by atoms with Gasteiger partial charge < -0.3 is 16.0 Å². The number of anilines is 3. The van der Waals surface area contributed by atoms with Crippen LogP contribution in [-0.2, 0) is 4.79 Å². The zero-order valence-corrected chi connectivity index (χ0v) is 13.3. The Kier molecular flexibility index (Phi) is 6.44. The highest BCUT2D eigenvalue weighted by molar-refractivity contribution is 6.18. The molecule has 6 heteroatoms. The number of urea groups is 1. The fourth-order valence-electron chi connectivity index (χ4n) is 1.94. The van der Waals surface area contributed by atoms with E-state index in [1.807, 2.05) is 18.2 Å². The van der Waals surface area contributed by atoms with Crippen LogP contribution in [0.4, 0.5) is 21.9 Å². The fraction of sp³-hybridized carbons (Fsp3) is 0.176. The molecule has 23 heavy (non-hydrogen) atoms. The van der Waals surface area contributed by atoms with E-state index < -0.39 is 0 Å². The third kappa shape index (κ3) is 6.00. The van der Waals surface area contributed by atoms with Crippen molar-refractivity contribution < 1.29 is 9.59 Å². The molecule has 3 amide bonds. The molecule has 0 radical (unpaired) electrons. The van der Waals surface area contributed by atoms with Gasteiger partial charge in [0.2, 0.25) is 5.91 Å². The lowest BCUT2D eigenvalue weighted by molar-refractivity contribution is -0.116. The molecular weight excluding hydrogens is 314 g/mol. The van der Waals surface area contributed by atoms with Crippen LogP contribution >= 0.6 is 11.6 Å². The molecule has 0 fully saturated rings. The van der Waals surface area contributed by atoms with Gasteiger partial charge in [0.15, 0.2) is 0 Å². The Hall–Kier alpha value is -2.53. The number of amides is 3. The molecule has 2 aromatic rings. The summed E-state index contributed by atoms with van der Waals surface area (Å²) < 4.78 is 0. The van der Waals surface area contributed by atoms with Crippen LogP contribution in [0.25, 0.3) is 0 Å². The van der Waals surface area contributed by atoms with Crippen LogP contribution < -0.4 is 16.0 Å². The molecule has 5 nitrogen and oxygen atoms in total. The van der Waals surface area contributed by atoms with Gasteiger partial charge in [-0.3, -0.25) is 4.79 Å². The zero-order valence-electron chi connectivity index (χ0n) is 12.5. The number of para-hydroxylation sites is 1. The van der Waals surface area contributed by atoms with Crippen molar-refractivity contribution in [1.29, 1.82) is 0 Å². The normalized spacial score (nSPS) is 9.96. The third-order valence-electron chi connectivity index (χ3n) is 2.97. The van der Waals surface area contributed by atoms with Crippen LogP contribution in [0.3, 0.4) is 0 Å². The van der Waals surface area contributed by atoms with Gasteiger partial charge in [-0.15, -0.1) is 11.6 Å². The molecule has 0 spiro atoms. The number of halogens is 1. The molecule has 0 saturated carbocycles. The second-order valence-corrected chi connectivity index (χ2v) is 5.24. The van der Waals surface area contributed by atoms with Crippen molar-refractivity contribution in [2.45, 2.75) is 12.8 Å². The van der Waals surface area contributed by atoms with Crippen LogP contribution in [0.15, 0.2) is 54.6 Å². The van der Waals surface area contributed by atoms with Gasteiger partial charge in [0.1, 0.15) is 0 Å². The van der Waals surface area contributed by atoms with E-state index in [9.17, 15) is 9.59 Å². The quantitative estimate of drug-likeness (QED) is 0.691. The summed E-state index contributed by atoms with van der Waals surface area (Å²) in [6, 6.07) is 15.8. The second kappa shape index (κ2) is 8.80. The van der Waals surface area contributed by atoms with Crippen molar-refractivity contribution in [2.75, 3.05) is 21.8 Å². The van der Waals surface area contributed by atoms with Crippen LogP contribution in [0.2, 0.25) is 0 Å². The van der Waals surface area contributed by atoms with Crippen molar-refractivity contribution in [3.05, 3.63) is 54.6 Å². The minimum atomic E-state index is -0.346. The minimum Gasteiger partial charge on any atom is -0.326 e.